The number of hydrogen-bond donors (Lipinski definition) is 1. The van der Waals surface area contributed by atoms with E-state index in [-0.39, 0.29) is 37.6 Å². The van der Waals surface area contributed by atoms with E-state index in [2.05, 4.69) is 10.4 Å². The largest absolute Gasteiger partial charge is 0.307 e. The Kier molecular flexibility index (Phi) is 7.94. The van der Waals surface area contributed by atoms with Crippen molar-refractivity contribution in [3.8, 4) is 0 Å². The van der Waals surface area contributed by atoms with Gasteiger partial charge in [0.1, 0.15) is 0 Å². The van der Waals surface area contributed by atoms with Gasteiger partial charge in [-0.25, -0.2) is 8.42 Å². The van der Waals surface area contributed by atoms with Crippen LogP contribution in [0.5, 0.6) is 0 Å². The van der Waals surface area contributed by atoms with Crippen LogP contribution in [0.3, 0.4) is 0 Å². The third-order valence-electron chi connectivity index (χ3n) is 3.35. The average Bonchev–Trinajstić information content (AvgIpc) is 3.06. The van der Waals surface area contributed by atoms with Crippen molar-refractivity contribution in [2.75, 3.05) is 0 Å². The quantitative estimate of drug-likeness (QED) is 0.763. The zero-order valence-electron chi connectivity index (χ0n) is 13.8. The zero-order valence-corrected chi connectivity index (χ0v) is 17.4. The molecule has 1 aromatic rings. The molecule has 1 aliphatic carbocycles. The summed E-state index contributed by atoms with van der Waals surface area (Å²) in [7, 11) is -3.60. The Labute approximate surface area is 163 Å². The number of nitrogens with one attached hydrogen (secondary N) is 1. The SMILES string of the molecule is CC.C[C-]1C=CC/C=C(S(=O)(=O)n2cc3c(n2)CNC3)\C=C/1.[Y]. The van der Waals surface area contributed by atoms with Gasteiger partial charge in [-0.1, -0.05) is 33.3 Å². The van der Waals surface area contributed by atoms with Crippen LogP contribution in [0.4, 0.5) is 0 Å². The molecule has 123 valence electrons. The van der Waals surface area contributed by atoms with Gasteiger partial charge in [-0.2, -0.15) is 33.3 Å². The van der Waals surface area contributed by atoms with Crippen molar-refractivity contribution >= 4 is 10.0 Å². The predicted molar refractivity (Wildman–Crippen MR) is 88.3 cm³/mol. The van der Waals surface area contributed by atoms with E-state index in [0.717, 1.165) is 21.3 Å². The van der Waals surface area contributed by atoms with Gasteiger partial charge in [0.15, 0.2) is 0 Å². The summed E-state index contributed by atoms with van der Waals surface area (Å²) in [6, 6.07) is 0. The monoisotopic (exact) mass is 409 g/mol. The van der Waals surface area contributed by atoms with E-state index < -0.39 is 10.0 Å². The minimum absolute atomic E-state index is 0. The maximum absolute atomic E-state index is 12.6. The van der Waals surface area contributed by atoms with Crippen LogP contribution in [0, 0.1) is 5.92 Å². The Balaban J connectivity index is 0.000000849. The minimum Gasteiger partial charge on any atom is -0.307 e. The van der Waals surface area contributed by atoms with Gasteiger partial charge in [0, 0.05) is 62.5 Å². The van der Waals surface area contributed by atoms with Crippen LogP contribution < -0.4 is 5.32 Å². The summed E-state index contributed by atoms with van der Waals surface area (Å²) < 4.78 is 26.3. The molecule has 0 amide bonds. The molecule has 1 aromatic heterocycles. The molecule has 0 atom stereocenters. The van der Waals surface area contributed by atoms with E-state index in [1.807, 2.05) is 32.9 Å². The summed E-state index contributed by atoms with van der Waals surface area (Å²) in [6.45, 7) is 7.24. The van der Waals surface area contributed by atoms with E-state index >= 15 is 0 Å². The van der Waals surface area contributed by atoms with Crippen molar-refractivity contribution in [2.24, 2.45) is 0 Å². The molecule has 5 nitrogen and oxygen atoms in total. The molecular weight excluding hydrogens is 387 g/mol. The van der Waals surface area contributed by atoms with Crippen molar-refractivity contribution < 1.29 is 41.1 Å². The van der Waals surface area contributed by atoms with Gasteiger partial charge in [0.25, 0.3) is 10.0 Å². The number of hydrogen-bond acceptors (Lipinski definition) is 4. The van der Waals surface area contributed by atoms with E-state index in [1.165, 1.54) is 0 Å². The molecule has 1 N–H and O–H groups in total. The van der Waals surface area contributed by atoms with E-state index in [4.69, 9.17) is 0 Å². The first-order valence-electron chi connectivity index (χ1n) is 7.49. The molecule has 0 saturated heterocycles. The molecule has 1 aliphatic heterocycles. The summed E-state index contributed by atoms with van der Waals surface area (Å²) in [4.78, 5) is 0.287. The number of fused-ring (bicyclic) bond motifs is 1. The fourth-order valence-corrected chi connectivity index (χ4v) is 3.46. The van der Waals surface area contributed by atoms with E-state index in [9.17, 15) is 8.42 Å². The molecule has 2 heterocycles. The summed E-state index contributed by atoms with van der Waals surface area (Å²) in [5.74, 6) is 1.03. The van der Waals surface area contributed by atoms with Crippen LogP contribution in [-0.2, 0) is 55.8 Å². The summed E-state index contributed by atoms with van der Waals surface area (Å²) in [5.41, 5.74) is 1.76. The smallest absolute Gasteiger partial charge is 0.271 e. The fraction of sp³-hybridized carbons (Fsp3) is 0.375. The average molecular weight is 409 g/mol. The third-order valence-corrected chi connectivity index (χ3v) is 4.93. The van der Waals surface area contributed by atoms with Crippen molar-refractivity contribution in [1.82, 2.24) is 14.5 Å². The van der Waals surface area contributed by atoms with Crippen molar-refractivity contribution in [1.29, 1.82) is 0 Å². The van der Waals surface area contributed by atoms with Crippen molar-refractivity contribution in [2.45, 2.75) is 40.3 Å². The first-order chi connectivity index (χ1) is 10.6. The Morgan fingerprint density at radius 3 is 2.70 bits per heavy atom. The van der Waals surface area contributed by atoms with Gasteiger partial charge in [-0.15, -0.1) is 6.08 Å². The summed E-state index contributed by atoms with van der Waals surface area (Å²) in [5, 5.41) is 7.32. The molecule has 0 aromatic carbocycles. The van der Waals surface area contributed by atoms with Crippen LogP contribution in [-0.4, -0.2) is 17.6 Å². The van der Waals surface area contributed by atoms with Gasteiger partial charge in [0.05, 0.1) is 5.69 Å². The molecule has 2 aliphatic rings. The zero-order chi connectivity index (χ0) is 16.2. The van der Waals surface area contributed by atoms with Crippen molar-refractivity contribution in [3.63, 3.8) is 0 Å². The maximum Gasteiger partial charge on any atom is 0.271 e. The second kappa shape index (κ2) is 8.97. The van der Waals surface area contributed by atoms with Gasteiger partial charge < -0.3 is 5.32 Å². The normalized spacial score (nSPS) is 20.1. The molecule has 7 heteroatoms. The molecular formula is C16H22N3O2SY-. The molecule has 0 bridgehead atoms. The minimum atomic E-state index is -3.60. The maximum atomic E-state index is 12.6. The Hall–Kier alpha value is -0.686. The fourth-order valence-electron chi connectivity index (χ4n) is 2.23. The Morgan fingerprint density at radius 2 is 2.00 bits per heavy atom. The molecule has 23 heavy (non-hydrogen) atoms. The van der Waals surface area contributed by atoms with Gasteiger partial charge in [-0.05, 0) is 0 Å². The molecule has 3 rings (SSSR count). The van der Waals surface area contributed by atoms with Gasteiger partial charge in [-0.3, -0.25) is 0 Å². The second-order valence-corrected chi connectivity index (χ2v) is 6.70. The standard InChI is InChI=1S/C14H16N3O2S.C2H6.Y/c1-11-4-2-3-5-13(7-6-11)20(18,19)17-10-12-8-15-9-14(12)16-17;1-2;/h2,4-7,10,15H,3,8-9H2,1H3;1-2H3;/q-1;;/b4-2?,7-6-,13-5+;;. The molecule has 0 fully saturated rings. The third kappa shape index (κ3) is 4.66. The molecule has 0 saturated carbocycles. The van der Waals surface area contributed by atoms with Crippen LogP contribution in [0.15, 0.2) is 41.5 Å². The van der Waals surface area contributed by atoms with Crippen LogP contribution in [0.25, 0.3) is 0 Å². The second-order valence-electron chi connectivity index (χ2n) is 4.90. The first-order valence-corrected chi connectivity index (χ1v) is 8.93. The van der Waals surface area contributed by atoms with E-state index in [0.29, 0.717) is 19.5 Å². The summed E-state index contributed by atoms with van der Waals surface area (Å²) in [6.07, 6.45) is 11.3. The number of allylic oxidation sites excluding steroid dienone is 5. The predicted octanol–water partition coefficient (Wildman–Crippen LogP) is 2.68. The number of aromatic nitrogens is 2. The number of rotatable bonds is 2. The van der Waals surface area contributed by atoms with E-state index in [1.54, 1.807) is 24.4 Å². The topological polar surface area (TPSA) is 64.0 Å². The van der Waals surface area contributed by atoms with Gasteiger partial charge in [0.2, 0.25) is 0 Å². The van der Waals surface area contributed by atoms with Crippen molar-refractivity contribution in [3.05, 3.63) is 58.7 Å². The molecule has 0 spiro atoms. The first kappa shape index (κ1) is 20.4. The Morgan fingerprint density at radius 1 is 1.26 bits per heavy atom. The van der Waals surface area contributed by atoms with Crippen LogP contribution >= 0.6 is 0 Å². The Bertz CT molecular complexity index is 696. The van der Waals surface area contributed by atoms with Crippen LogP contribution in [0.1, 0.15) is 38.4 Å². The van der Waals surface area contributed by atoms with Gasteiger partial charge >= 0.3 is 0 Å². The number of nitrogens with zero attached hydrogens (tertiary/aromatic N) is 2. The summed E-state index contributed by atoms with van der Waals surface area (Å²) >= 11 is 0. The molecule has 0 unspecified atom stereocenters. The molecule has 1 radical (unpaired) electrons. The van der Waals surface area contributed by atoms with Crippen LogP contribution in [0.2, 0.25) is 0 Å².